The van der Waals surface area contributed by atoms with Gasteiger partial charge in [-0.25, -0.2) is 9.18 Å². The Labute approximate surface area is 68.6 Å². The van der Waals surface area contributed by atoms with Gasteiger partial charge in [-0.15, -0.1) is 0 Å². The maximum absolute atomic E-state index is 12.5. The van der Waals surface area contributed by atoms with Crippen molar-refractivity contribution < 1.29 is 23.8 Å². The van der Waals surface area contributed by atoms with Crippen molar-refractivity contribution in [2.75, 3.05) is 7.11 Å². The van der Waals surface area contributed by atoms with Crippen LogP contribution in [0.15, 0.2) is 11.4 Å². The fourth-order valence-corrected chi connectivity index (χ4v) is 0.609. The minimum absolute atomic E-state index is 0.454. The second kappa shape index (κ2) is 4.48. The highest BCUT2D eigenvalue weighted by Gasteiger charge is 2.16. The Balaban J connectivity index is 4.58. The van der Waals surface area contributed by atoms with Crippen LogP contribution in [-0.4, -0.2) is 24.2 Å². The molecule has 0 saturated heterocycles. The molecule has 0 atom stereocenters. The minimum Gasteiger partial charge on any atom is -0.481 e. The molecule has 0 fully saturated rings. The molecule has 0 saturated carbocycles. The van der Waals surface area contributed by atoms with Crippen LogP contribution in [0.3, 0.4) is 0 Å². The summed E-state index contributed by atoms with van der Waals surface area (Å²) >= 11 is 0. The molecular weight excluding hydrogens is 167 g/mol. The van der Waals surface area contributed by atoms with Gasteiger partial charge in [0.05, 0.1) is 19.1 Å². The molecule has 0 aliphatic heterocycles. The van der Waals surface area contributed by atoms with Crippen LogP contribution in [0.25, 0.3) is 0 Å². The highest BCUT2D eigenvalue weighted by Crippen LogP contribution is 2.11. The number of methoxy groups -OCH3 is 1. The lowest BCUT2D eigenvalue weighted by atomic mass is 10.2. The average molecular weight is 176 g/mol. The van der Waals surface area contributed by atoms with Crippen molar-refractivity contribution in [3.63, 3.8) is 0 Å². The van der Waals surface area contributed by atoms with Gasteiger partial charge in [0.15, 0.2) is 0 Å². The third-order valence-electron chi connectivity index (χ3n) is 1.18. The van der Waals surface area contributed by atoms with Crippen LogP contribution in [-0.2, 0) is 14.3 Å². The molecule has 0 aromatic heterocycles. The maximum Gasteiger partial charge on any atom is 0.336 e. The van der Waals surface area contributed by atoms with Crippen molar-refractivity contribution >= 4 is 11.9 Å². The molecule has 0 aliphatic rings. The highest BCUT2D eigenvalue weighted by molar-refractivity contribution is 5.93. The molecule has 0 radical (unpaired) electrons. The monoisotopic (exact) mass is 176 g/mol. The van der Waals surface area contributed by atoms with E-state index in [0.717, 1.165) is 14.0 Å². The first kappa shape index (κ1) is 10.6. The summed E-state index contributed by atoms with van der Waals surface area (Å²) in [5.41, 5.74) is -0.454. The molecule has 1 N–H and O–H groups in total. The summed E-state index contributed by atoms with van der Waals surface area (Å²) in [6.07, 6.45) is -0.658. The highest BCUT2D eigenvalue weighted by atomic mass is 19.1. The minimum atomic E-state index is -1.27. The molecular formula is C7H9FO4. The molecule has 0 aromatic carbocycles. The second-order valence-electron chi connectivity index (χ2n) is 2.07. The van der Waals surface area contributed by atoms with Crippen LogP contribution in [0, 0.1) is 0 Å². The van der Waals surface area contributed by atoms with E-state index >= 15 is 0 Å². The van der Waals surface area contributed by atoms with E-state index in [1.165, 1.54) is 0 Å². The standard InChI is InChI=1S/C7H9FO4/c1-4(8)5(3-6(9)10)7(11)12-2/h3H2,1-2H3,(H,9,10). The van der Waals surface area contributed by atoms with Crippen molar-refractivity contribution in [1.82, 2.24) is 0 Å². The SMILES string of the molecule is COC(=O)C(CC(=O)O)=C(C)F. The lowest BCUT2D eigenvalue weighted by molar-refractivity contribution is -0.141. The van der Waals surface area contributed by atoms with Gasteiger partial charge in [0.25, 0.3) is 0 Å². The fraction of sp³-hybridized carbons (Fsp3) is 0.429. The first-order valence-corrected chi connectivity index (χ1v) is 3.14. The summed E-state index contributed by atoms with van der Waals surface area (Å²) in [6.45, 7) is 1.01. The molecule has 0 bridgehead atoms. The van der Waals surface area contributed by atoms with Crippen LogP contribution in [0.1, 0.15) is 13.3 Å². The molecule has 0 unspecified atom stereocenters. The first-order chi connectivity index (χ1) is 5.49. The van der Waals surface area contributed by atoms with E-state index in [9.17, 15) is 14.0 Å². The number of esters is 1. The zero-order valence-corrected chi connectivity index (χ0v) is 6.76. The zero-order valence-electron chi connectivity index (χ0n) is 6.76. The number of rotatable bonds is 3. The number of allylic oxidation sites excluding steroid dienone is 1. The molecule has 0 aliphatic carbocycles. The summed E-state index contributed by atoms with van der Waals surface area (Å²) < 4.78 is 16.7. The summed E-state index contributed by atoms with van der Waals surface area (Å²) in [5.74, 6) is -3.05. The van der Waals surface area contributed by atoms with Gasteiger partial charge in [-0.3, -0.25) is 4.79 Å². The summed E-state index contributed by atoms with van der Waals surface area (Å²) in [5, 5.41) is 8.27. The number of carbonyl (C=O) groups is 2. The van der Waals surface area contributed by atoms with E-state index in [-0.39, 0.29) is 0 Å². The first-order valence-electron chi connectivity index (χ1n) is 3.14. The molecule has 0 rings (SSSR count). The van der Waals surface area contributed by atoms with Gasteiger partial charge >= 0.3 is 11.9 Å². The van der Waals surface area contributed by atoms with Crippen molar-refractivity contribution in [3.05, 3.63) is 11.4 Å². The molecule has 0 aromatic rings. The van der Waals surface area contributed by atoms with E-state index in [1.807, 2.05) is 0 Å². The van der Waals surface area contributed by atoms with Gasteiger partial charge in [-0.1, -0.05) is 0 Å². The smallest absolute Gasteiger partial charge is 0.336 e. The van der Waals surface area contributed by atoms with E-state index in [1.54, 1.807) is 0 Å². The Hall–Kier alpha value is -1.39. The van der Waals surface area contributed by atoms with E-state index < -0.39 is 29.8 Å². The van der Waals surface area contributed by atoms with Gasteiger partial charge in [0.1, 0.15) is 5.83 Å². The summed E-state index contributed by atoms with van der Waals surface area (Å²) in [4.78, 5) is 20.8. The molecule has 68 valence electrons. The lowest BCUT2D eigenvalue weighted by Gasteiger charge is -2.01. The third kappa shape index (κ3) is 3.14. The van der Waals surface area contributed by atoms with Gasteiger partial charge < -0.3 is 9.84 Å². The van der Waals surface area contributed by atoms with Gasteiger partial charge in [-0.05, 0) is 6.92 Å². The zero-order chi connectivity index (χ0) is 9.72. The number of carbonyl (C=O) groups excluding carboxylic acids is 1. The van der Waals surface area contributed by atoms with Crippen molar-refractivity contribution in [2.45, 2.75) is 13.3 Å². The average Bonchev–Trinajstić information content (AvgIpc) is 1.98. The van der Waals surface area contributed by atoms with Gasteiger partial charge in [-0.2, -0.15) is 0 Å². The van der Waals surface area contributed by atoms with Gasteiger partial charge in [0, 0.05) is 0 Å². The lowest BCUT2D eigenvalue weighted by Crippen LogP contribution is -2.10. The van der Waals surface area contributed by atoms with Crippen LogP contribution in [0.2, 0.25) is 0 Å². The van der Waals surface area contributed by atoms with Crippen LogP contribution in [0.5, 0.6) is 0 Å². The van der Waals surface area contributed by atoms with Crippen molar-refractivity contribution in [3.8, 4) is 0 Å². The predicted molar refractivity (Wildman–Crippen MR) is 38.1 cm³/mol. The molecule has 12 heavy (non-hydrogen) atoms. The summed E-state index contributed by atoms with van der Waals surface area (Å²) in [6, 6.07) is 0. The number of carboxylic acid groups (broad SMARTS) is 1. The van der Waals surface area contributed by atoms with Crippen LogP contribution in [0.4, 0.5) is 4.39 Å². The number of hydrogen-bond donors (Lipinski definition) is 1. The van der Waals surface area contributed by atoms with Crippen LogP contribution >= 0.6 is 0 Å². The predicted octanol–water partition coefficient (Wildman–Crippen LogP) is 0.878. The Kier molecular flexibility index (Phi) is 3.96. The Morgan fingerprint density at radius 3 is 2.25 bits per heavy atom. The Morgan fingerprint density at radius 1 is 1.50 bits per heavy atom. The fourth-order valence-electron chi connectivity index (χ4n) is 0.609. The second-order valence-corrected chi connectivity index (χ2v) is 2.07. The molecule has 5 heteroatoms. The van der Waals surface area contributed by atoms with E-state index in [0.29, 0.717) is 0 Å². The number of aliphatic carboxylic acids is 1. The number of hydrogen-bond acceptors (Lipinski definition) is 3. The quantitative estimate of drug-likeness (QED) is 0.512. The Morgan fingerprint density at radius 2 is 2.00 bits per heavy atom. The number of halogens is 1. The summed E-state index contributed by atoms with van der Waals surface area (Å²) in [7, 11) is 1.06. The van der Waals surface area contributed by atoms with Gasteiger partial charge in [0.2, 0.25) is 0 Å². The molecule has 0 amide bonds. The van der Waals surface area contributed by atoms with Crippen molar-refractivity contribution in [2.24, 2.45) is 0 Å². The topological polar surface area (TPSA) is 63.6 Å². The number of carboxylic acids is 1. The number of ether oxygens (including phenoxy) is 1. The van der Waals surface area contributed by atoms with E-state index in [2.05, 4.69) is 4.74 Å². The Bertz CT molecular complexity index is 228. The molecule has 4 nitrogen and oxygen atoms in total. The molecule has 0 spiro atoms. The molecule has 0 heterocycles. The maximum atomic E-state index is 12.5. The van der Waals surface area contributed by atoms with Crippen LogP contribution < -0.4 is 0 Å². The van der Waals surface area contributed by atoms with E-state index in [4.69, 9.17) is 5.11 Å². The largest absolute Gasteiger partial charge is 0.481 e. The van der Waals surface area contributed by atoms with Crippen molar-refractivity contribution in [1.29, 1.82) is 0 Å². The third-order valence-corrected chi connectivity index (χ3v) is 1.18. The normalized spacial score (nSPS) is 11.9.